The zero-order valence-electron chi connectivity index (χ0n) is 11.9. The first kappa shape index (κ1) is 15.6. The van der Waals surface area contributed by atoms with Gasteiger partial charge in [-0.1, -0.05) is 13.3 Å². The summed E-state index contributed by atoms with van der Waals surface area (Å²) >= 11 is 0. The number of rotatable bonds is 3. The SMILES string of the molecule is CCCC1CCN(C(=O)C2CCC(C(F)(F)F)CN2)C1. The van der Waals surface area contributed by atoms with Crippen LogP contribution < -0.4 is 5.32 Å². The van der Waals surface area contributed by atoms with Crippen LogP contribution in [0, 0.1) is 11.8 Å². The highest BCUT2D eigenvalue weighted by Crippen LogP contribution is 2.32. The summed E-state index contributed by atoms with van der Waals surface area (Å²) in [5.74, 6) is -0.752. The molecule has 0 aromatic rings. The Morgan fingerprint density at radius 2 is 2.05 bits per heavy atom. The highest BCUT2D eigenvalue weighted by Gasteiger charge is 2.43. The maximum absolute atomic E-state index is 12.6. The van der Waals surface area contributed by atoms with Crippen molar-refractivity contribution in [3.8, 4) is 0 Å². The number of alkyl halides is 3. The summed E-state index contributed by atoms with van der Waals surface area (Å²) in [5.41, 5.74) is 0. The Hall–Kier alpha value is -0.780. The quantitative estimate of drug-likeness (QED) is 0.867. The molecule has 3 nitrogen and oxygen atoms in total. The maximum atomic E-state index is 12.6. The molecule has 2 rings (SSSR count). The molecule has 116 valence electrons. The Morgan fingerprint density at radius 3 is 2.60 bits per heavy atom. The molecule has 2 saturated heterocycles. The number of hydrogen-bond donors (Lipinski definition) is 1. The second-order valence-corrected chi connectivity index (χ2v) is 6.00. The summed E-state index contributed by atoms with van der Waals surface area (Å²) in [6.07, 6.45) is -0.547. The number of halogens is 3. The average Bonchev–Trinajstić information content (AvgIpc) is 2.86. The van der Waals surface area contributed by atoms with E-state index in [2.05, 4.69) is 12.2 Å². The van der Waals surface area contributed by atoms with Gasteiger partial charge >= 0.3 is 6.18 Å². The van der Waals surface area contributed by atoms with E-state index >= 15 is 0 Å². The van der Waals surface area contributed by atoms with Gasteiger partial charge in [-0.15, -0.1) is 0 Å². The highest BCUT2D eigenvalue weighted by molar-refractivity contribution is 5.82. The average molecular weight is 292 g/mol. The van der Waals surface area contributed by atoms with E-state index in [1.807, 2.05) is 4.90 Å². The predicted molar refractivity (Wildman–Crippen MR) is 70.2 cm³/mol. The second kappa shape index (κ2) is 6.33. The van der Waals surface area contributed by atoms with Crippen molar-refractivity contribution in [1.82, 2.24) is 10.2 Å². The van der Waals surface area contributed by atoms with Crippen LogP contribution in [0.15, 0.2) is 0 Å². The van der Waals surface area contributed by atoms with Crippen LogP contribution in [0.25, 0.3) is 0 Å². The summed E-state index contributed by atoms with van der Waals surface area (Å²) in [7, 11) is 0. The zero-order chi connectivity index (χ0) is 14.8. The van der Waals surface area contributed by atoms with Crippen LogP contribution >= 0.6 is 0 Å². The van der Waals surface area contributed by atoms with Crippen molar-refractivity contribution < 1.29 is 18.0 Å². The summed E-state index contributed by atoms with van der Waals surface area (Å²) < 4.78 is 37.7. The number of piperidine rings is 1. The van der Waals surface area contributed by atoms with Crippen LogP contribution in [0.3, 0.4) is 0 Å². The van der Waals surface area contributed by atoms with Crippen molar-refractivity contribution in [3.05, 3.63) is 0 Å². The fraction of sp³-hybridized carbons (Fsp3) is 0.929. The number of amides is 1. The van der Waals surface area contributed by atoms with E-state index in [0.29, 0.717) is 5.92 Å². The molecule has 0 aliphatic carbocycles. The fourth-order valence-corrected chi connectivity index (χ4v) is 3.24. The van der Waals surface area contributed by atoms with Crippen molar-refractivity contribution in [2.75, 3.05) is 19.6 Å². The van der Waals surface area contributed by atoms with E-state index in [1.165, 1.54) is 0 Å². The molecule has 2 aliphatic rings. The third kappa shape index (κ3) is 3.65. The van der Waals surface area contributed by atoms with Gasteiger partial charge in [-0.25, -0.2) is 0 Å². The van der Waals surface area contributed by atoms with Crippen LogP contribution in [-0.4, -0.2) is 42.7 Å². The van der Waals surface area contributed by atoms with Crippen LogP contribution in [0.4, 0.5) is 13.2 Å². The highest BCUT2D eigenvalue weighted by atomic mass is 19.4. The summed E-state index contributed by atoms with van der Waals surface area (Å²) in [6.45, 7) is 3.52. The van der Waals surface area contributed by atoms with Crippen LogP contribution in [-0.2, 0) is 4.79 Å². The molecule has 0 radical (unpaired) electrons. The van der Waals surface area contributed by atoms with E-state index < -0.39 is 18.1 Å². The van der Waals surface area contributed by atoms with E-state index in [4.69, 9.17) is 0 Å². The number of carbonyl (C=O) groups excluding carboxylic acids is 1. The molecule has 2 aliphatic heterocycles. The van der Waals surface area contributed by atoms with Crippen molar-refractivity contribution in [3.63, 3.8) is 0 Å². The van der Waals surface area contributed by atoms with Crippen LogP contribution in [0.1, 0.15) is 39.0 Å². The largest absolute Gasteiger partial charge is 0.393 e. The molecule has 0 bridgehead atoms. The molecule has 3 atom stereocenters. The van der Waals surface area contributed by atoms with Crippen molar-refractivity contribution in [2.45, 2.75) is 51.2 Å². The predicted octanol–water partition coefficient (Wildman–Crippen LogP) is 2.57. The third-order valence-corrected chi connectivity index (χ3v) is 4.47. The van der Waals surface area contributed by atoms with Gasteiger partial charge in [-0.3, -0.25) is 4.79 Å². The zero-order valence-corrected chi connectivity index (χ0v) is 11.9. The number of nitrogens with one attached hydrogen (secondary N) is 1. The Morgan fingerprint density at radius 1 is 1.30 bits per heavy atom. The lowest BCUT2D eigenvalue weighted by Gasteiger charge is -2.32. The van der Waals surface area contributed by atoms with Gasteiger partial charge in [0.15, 0.2) is 0 Å². The number of hydrogen-bond acceptors (Lipinski definition) is 2. The van der Waals surface area contributed by atoms with Gasteiger partial charge in [-0.2, -0.15) is 13.2 Å². The molecule has 1 amide bonds. The minimum atomic E-state index is -4.15. The Labute approximate surface area is 117 Å². The molecule has 1 N–H and O–H groups in total. The Kier molecular flexibility index (Phi) is 4.94. The van der Waals surface area contributed by atoms with Crippen molar-refractivity contribution in [2.24, 2.45) is 11.8 Å². The van der Waals surface area contributed by atoms with Crippen LogP contribution in [0.2, 0.25) is 0 Å². The molecule has 0 aromatic heterocycles. The van der Waals surface area contributed by atoms with E-state index in [1.54, 1.807) is 0 Å². The normalized spacial score (nSPS) is 31.6. The molecule has 6 heteroatoms. The number of nitrogens with zero attached hydrogens (tertiary/aromatic N) is 1. The van der Waals surface area contributed by atoms with Gasteiger partial charge in [0, 0.05) is 19.6 Å². The van der Waals surface area contributed by atoms with Gasteiger partial charge in [0.25, 0.3) is 0 Å². The first-order chi connectivity index (χ1) is 9.41. The summed E-state index contributed by atoms with van der Waals surface area (Å²) in [5, 5.41) is 2.79. The van der Waals surface area contributed by atoms with Gasteiger partial charge in [0.05, 0.1) is 12.0 Å². The molecular weight excluding hydrogens is 269 g/mol. The monoisotopic (exact) mass is 292 g/mol. The lowest BCUT2D eigenvalue weighted by atomic mass is 9.93. The van der Waals surface area contributed by atoms with Gasteiger partial charge in [-0.05, 0) is 31.6 Å². The summed E-state index contributed by atoms with van der Waals surface area (Å²) in [6, 6.07) is -0.422. The molecule has 20 heavy (non-hydrogen) atoms. The lowest BCUT2D eigenvalue weighted by Crippen LogP contribution is -2.52. The first-order valence-electron chi connectivity index (χ1n) is 7.50. The van der Waals surface area contributed by atoms with E-state index in [-0.39, 0.29) is 25.3 Å². The lowest BCUT2D eigenvalue weighted by molar-refractivity contribution is -0.180. The van der Waals surface area contributed by atoms with Gasteiger partial charge < -0.3 is 10.2 Å². The molecular formula is C14H23F3N2O. The molecule has 0 saturated carbocycles. The molecule has 3 unspecified atom stereocenters. The van der Waals surface area contributed by atoms with Crippen molar-refractivity contribution in [1.29, 1.82) is 0 Å². The minimum absolute atomic E-state index is 0.00997. The number of likely N-dealkylation sites (tertiary alicyclic amines) is 1. The standard InChI is InChI=1S/C14H23F3N2O/c1-2-3-10-6-7-19(9-10)13(20)12-5-4-11(8-18-12)14(15,16)17/h10-12,18H,2-9H2,1H3. The molecule has 2 fully saturated rings. The third-order valence-electron chi connectivity index (χ3n) is 4.47. The molecule has 0 aromatic carbocycles. The molecule has 0 spiro atoms. The van der Waals surface area contributed by atoms with Crippen molar-refractivity contribution >= 4 is 5.91 Å². The second-order valence-electron chi connectivity index (χ2n) is 6.00. The smallest absolute Gasteiger partial charge is 0.341 e. The Balaban J connectivity index is 1.81. The minimum Gasteiger partial charge on any atom is -0.341 e. The van der Waals surface area contributed by atoms with Crippen LogP contribution in [0.5, 0.6) is 0 Å². The molecule has 2 heterocycles. The summed E-state index contributed by atoms with van der Waals surface area (Å²) in [4.78, 5) is 14.1. The maximum Gasteiger partial charge on any atom is 0.393 e. The van der Waals surface area contributed by atoms with E-state index in [0.717, 1.165) is 32.4 Å². The van der Waals surface area contributed by atoms with Gasteiger partial charge in [0.1, 0.15) is 0 Å². The Bertz CT molecular complexity index is 338. The fourth-order valence-electron chi connectivity index (χ4n) is 3.24. The topological polar surface area (TPSA) is 32.3 Å². The first-order valence-corrected chi connectivity index (χ1v) is 7.50. The number of carbonyl (C=O) groups is 1. The van der Waals surface area contributed by atoms with E-state index in [9.17, 15) is 18.0 Å². The van der Waals surface area contributed by atoms with Gasteiger partial charge in [0.2, 0.25) is 5.91 Å².